The van der Waals surface area contributed by atoms with E-state index in [0.717, 1.165) is 6.42 Å². The second-order valence-corrected chi connectivity index (χ2v) is 6.62. The molecule has 0 aliphatic carbocycles. The average molecular weight is 347 g/mol. The summed E-state index contributed by atoms with van der Waals surface area (Å²) in [5.74, 6) is 0.530. The predicted molar refractivity (Wildman–Crippen MR) is 94.2 cm³/mol. The summed E-state index contributed by atoms with van der Waals surface area (Å²) in [5, 5.41) is 9.54. The van der Waals surface area contributed by atoms with Gasteiger partial charge in [0.15, 0.2) is 18.1 Å². The van der Waals surface area contributed by atoms with Gasteiger partial charge in [-0.3, -0.25) is 4.79 Å². The Morgan fingerprint density at radius 2 is 1.96 bits per heavy atom. The van der Waals surface area contributed by atoms with Gasteiger partial charge < -0.3 is 19.5 Å². The van der Waals surface area contributed by atoms with Gasteiger partial charge in [0, 0.05) is 19.2 Å². The SMILES string of the molecule is COc1cc(/C=C/C(=O)OCC(=O)N2CC(C)CC(C)C2)ccc1O. The molecule has 1 saturated heterocycles. The third-order valence-electron chi connectivity index (χ3n) is 4.18. The van der Waals surface area contributed by atoms with E-state index in [2.05, 4.69) is 13.8 Å². The molecular weight excluding hydrogens is 322 g/mol. The zero-order valence-electron chi connectivity index (χ0n) is 14.9. The molecular formula is C19H25NO5. The number of amides is 1. The summed E-state index contributed by atoms with van der Waals surface area (Å²) in [6, 6.07) is 4.72. The summed E-state index contributed by atoms with van der Waals surface area (Å²) in [5.41, 5.74) is 0.677. The van der Waals surface area contributed by atoms with Gasteiger partial charge in [-0.05, 0) is 42.0 Å². The molecule has 0 saturated carbocycles. The van der Waals surface area contributed by atoms with Gasteiger partial charge in [0.25, 0.3) is 5.91 Å². The van der Waals surface area contributed by atoms with Crippen molar-refractivity contribution in [3.05, 3.63) is 29.8 Å². The Labute approximate surface area is 148 Å². The first-order chi connectivity index (χ1) is 11.9. The number of hydrogen-bond donors (Lipinski definition) is 1. The van der Waals surface area contributed by atoms with E-state index in [9.17, 15) is 14.7 Å². The van der Waals surface area contributed by atoms with Crippen molar-refractivity contribution in [1.29, 1.82) is 0 Å². The number of hydrogen-bond acceptors (Lipinski definition) is 5. The molecule has 0 aromatic heterocycles. The highest BCUT2D eigenvalue weighted by Crippen LogP contribution is 2.26. The van der Waals surface area contributed by atoms with Crippen LogP contribution in [0.25, 0.3) is 6.08 Å². The monoisotopic (exact) mass is 347 g/mol. The lowest BCUT2D eigenvalue weighted by Gasteiger charge is -2.34. The maximum Gasteiger partial charge on any atom is 0.331 e. The van der Waals surface area contributed by atoms with Crippen LogP contribution in [0, 0.1) is 11.8 Å². The van der Waals surface area contributed by atoms with E-state index in [-0.39, 0.29) is 18.3 Å². The molecule has 136 valence electrons. The van der Waals surface area contributed by atoms with Crippen molar-refractivity contribution in [2.45, 2.75) is 20.3 Å². The fourth-order valence-electron chi connectivity index (χ4n) is 3.10. The number of phenolic OH excluding ortho intramolecular Hbond substituents is 1. The number of esters is 1. The normalized spacial score (nSPS) is 20.5. The molecule has 1 fully saturated rings. The topological polar surface area (TPSA) is 76.1 Å². The number of phenols is 1. The number of rotatable bonds is 5. The average Bonchev–Trinajstić information content (AvgIpc) is 2.58. The summed E-state index contributed by atoms with van der Waals surface area (Å²) in [4.78, 5) is 25.7. The summed E-state index contributed by atoms with van der Waals surface area (Å²) in [6.07, 6.45) is 3.91. The molecule has 2 rings (SSSR count). The molecule has 1 heterocycles. The van der Waals surface area contributed by atoms with Crippen molar-refractivity contribution < 1.29 is 24.2 Å². The molecule has 25 heavy (non-hydrogen) atoms. The lowest BCUT2D eigenvalue weighted by atomic mass is 9.92. The Morgan fingerprint density at radius 1 is 1.28 bits per heavy atom. The van der Waals surface area contributed by atoms with Crippen LogP contribution in [0.1, 0.15) is 25.8 Å². The first-order valence-corrected chi connectivity index (χ1v) is 8.38. The molecule has 1 aromatic rings. The van der Waals surface area contributed by atoms with Crippen LogP contribution in [0.5, 0.6) is 11.5 Å². The minimum atomic E-state index is -0.585. The van der Waals surface area contributed by atoms with Crippen molar-refractivity contribution in [2.24, 2.45) is 11.8 Å². The molecule has 0 bridgehead atoms. The highest BCUT2D eigenvalue weighted by atomic mass is 16.5. The van der Waals surface area contributed by atoms with E-state index in [1.807, 2.05) is 0 Å². The number of likely N-dealkylation sites (tertiary alicyclic amines) is 1. The summed E-state index contributed by atoms with van der Waals surface area (Å²) in [7, 11) is 1.45. The highest BCUT2D eigenvalue weighted by molar-refractivity contribution is 5.89. The number of benzene rings is 1. The van der Waals surface area contributed by atoms with E-state index in [1.54, 1.807) is 23.1 Å². The Hall–Kier alpha value is -2.50. The molecule has 6 heteroatoms. The van der Waals surface area contributed by atoms with Crippen molar-refractivity contribution in [1.82, 2.24) is 4.90 Å². The minimum absolute atomic E-state index is 0.0258. The van der Waals surface area contributed by atoms with Gasteiger partial charge in [0.2, 0.25) is 0 Å². The van der Waals surface area contributed by atoms with Crippen LogP contribution in [0.2, 0.25) is 0 Å². The second-order valence-electron chi connectivity index (χ2n) is 6.62. The summed E-state index contributed by atoms with van der Waals surface area (Å²) >= 11 is 0. The Kier molecular flexibility index (Phi) is 6.44. The molecule has 0 radical (unpaired) electrons. The van der Waals surface area contributed by atoms with E-state index in [4.69, 9.17) is 9.47 Å². The number of piperidine rings is 1. The predicted octanol–water partition coefficient (Wildman–Crippen LogP) is 2.46. The third-order valence-corrected chi connectivity index (χ3v) is 4.18. The summed E-state index contributed by atoms with van der Waals surface area (Å²) < 4.78 is 10.0. The fraction of sp³-hybridized carbons (Fsp3) is 0.474. The number of ether oxygens (including phenoxy) is 2. The molecule has 6 nitrogen and oxygen atoms in total. The van der Waals surface area contributed by atoms with E-state index in [1.165, 1.54) is 19.3 Å². The smallest absolute Gasteiger partial charge is 0.331 e. The Morgan fingerprint density at radius 3 is 2.60 bits per heavy atom. The number of methoxy groups -OCH3 is 1. The molecule has 1 aliphatic heterocycles. The quantitative estimate of drug-likeness (QED) is 0.654. The van der Waals surface area contributed by atoms with E-state index in [0.29, 0.717) is 36.2 Å². The second kappa shape index (κ2) is 8.55. The van der Waals surface area contributed by atoms with Crippen molar-refractivity contribution in [3.8, 4) is 11.5 Å². The standard InChI is InChI=1S/C19H25NO5/c1-13-8-14(2)11-20(10-13)18(22)12-25-19(23)7-5-15-4-6-16(21)17(9-15)24-3/h4-7,9,13-14,21H,8,10-12H2,1-3H3/b7-5+. The van der Waals surface area contributed by atoms with Crippen molar-refractivity contribution in [3.63, 3.8) is 0 Å². The molecule has 1 amide bonds. The fourth-order valence-corrected chi connectivity index (χ4v) is 3.10. The molecule has 2 atom stereocenters. The van der Waals surface area contributed by atoms with Crippen LogP contribution in [-0.4, -0.2) is 48.7 Å². The molecule has 1 aromatic carbocycles. The Balaban J connectivity index is 1.85. The van der Waals surface area contributed by atoms with E-state index < -0.39 is 5.97 Å². The maximum absolute atomic E-state index is 12.2. The molecule has 2 unspecified atom stereocenters. The van der Waals surface area contributed by atoms with Gasteiger partial charge in [0.1, 0.15) is 0 Å². The lowest BCUT2D eigenvalue weighted by Crippen LogP contribution is -2.44. The van der Waals surface area contributed by atoms with Gasteiger partial charge in [-0.15, -0.1) is 0 Å². The first kappa shape index (κ1) is 18.8. The van der Waals surface area contributed by atoms with Crippen LogP contribution in [0.3, 0.4) is 0 Å². The van der Waals surface area contributed by atoms with Gasteiger partial charge in [-0.25, -0.2) is 4.79 Å². The largest absolute Gasteiger partial charge is 0.504 e. The van der Waals surface area contributed by atoms with Gasteiger partial charge >= 0.3 is 5.97 Å². The number of carbonyl (C=O) groups excluding carboxylic acids is 2. The zero-order chi connectivity index (χ0) is 18.4. The number of aromatic hydroxyl groups is 1. The van der Waals surface area contributed by atoms with Gasteiger partial charge in [-0.2, -0.15) is 0 Å². The van der Waals surface area contributed by atoms with Gasteiger partial charge in [0.05, 0.1) is 7.11 Å². The molecule has 1 aliphatic rings. The van der Waals surface area contributed by atoms with E-state index >= 15 is 0 Å². The van der Waals surface area contributed by atoms with Crippen LogP contribution in [-0.2, 0) is 14.3 Å². The zero-order valence-corrected chi connectivity index (χ0v) is 14.9. The lowest BCUT2D eigenvalue weighted by molar-refractivity contribution is -0.149. The molecule has 0 spiro atoms. The third kappa shape index (κ3) is 5.52. The maximum atomic E-state index is 12.2. The Bertz CT molecular complexity index is 645. The van der Waals surface area contributed by atoms with Crippen LogP contribution >= 0.6 is 0 Å². The van der Waals surface area contributed by atoms with Crippen molar-refractivity contribution >= 4 is 18.0 Å². The van der Waals surface area contributed by atoms with Crippen LogP contribution in [0.4, 0.5) is 0 Å². The first-order valence-electron chi connectivity index (χ1n) is 8.38. The minimum Gasteiger partial charge on any atom is -0.504 e. The number of carbonyl (C=O) groups is 2. The van der Waals surface area contributed by atoms with Crippen LogP contribution in [0.15, 0.2) is 24.3 Å². The van der Waals surface area contributed by atoms with Gasteiger partial charge in [-0.1, -0.05) is 19.9 Å². The van der Waals surface area contributed by atoms with Crippen LogP contribution < -0.4 is 4.74 Å². The highest BCUT2D eigenvalue weighted by Gasteiger charge is 2.25. The summed E-state index contributed by atoms with van der Waals surface area (Å²) in [6.45, 7) is 5.42. The number of nitrogens with zero attached hydrogens (tertiary/aromatic N) is 1. The van der Waals surface area contributed by atoms with Crippen molar-refractivity contribution in [2.75, 3.05) is 26.8 Å². The molecule has 1 N–H and O–H groups in total.